The number of imidazole rings is 1. The molecule has 2 atom stereocenters. The van der Waals surface area contributed by atoms with Crippen LogP contribution in [0.4, 0.5) is 0 Å². The van der Waals surface area contributed by atoms with Gasteiger partial charge in [-0.3, -0.25) is 4.90 Å². The summed E-state index contributed by atoms with van der Waals surface area (Å²) in [5.41, 5.74) is 3.29. The summed E-state index contributed by atoms with van der Waals surface area (Å²) in [4.78, 5) is 7.74. The number of benzene rings is 2. The minimum atomic E-state index is 0.456. The second-order valence-corrected chi connectivity index (χ2v) is 8.41. The topological polar surface area (TPSA) is 30.3 Å². The quantitative estimate of drug-likeness (QED) is 0.582. The van der Waals surface area contributed by atoms with Gasteiger partial charge in [-0.1, -0.05) is 18.0 Å². The molecule has 0 saturated carbocycles. The standard InChI is InChI=1S/C23H26ClN3O/c1-28-18-10-7-16(8-11-18)23-25-19-15-17(24)9-12-20(19)27(23)22-6-4-14-26-13-3-2-5-21(22)26/h7-12,15,21-22H,2-6,13-14H2,1H3/t21-,22-/m1/s1. The van der Waals surface area contributed by atoms with Gasteiger partial charge in [0, 0.05) is 16.6 Å². The van der Waals surface area contributed by atoms with Crippen LogP contribution in [0.3, 0.4) is 0 Å². The summed E-state index contributed by atoms with van der Waals surface area (Å²) < 4.78 is 7.84. The van der Waals surface area contributed by atoms with Crippen molar-refractivity contribution >= 4 is 22.6 Å². The highest BCUT2D eigenvalue weighted by Crippen LogP contribution is 2.39. The van der Waals surface area contributed by atoms with Crippen molar-refractivity contribution in [1.29, 1.82) is 0 Å². The second kappa shape index (κ2) is 7.41. The van der Waals surface area contributed by atoms with Crippen molar-refractivity contribution in [3.8, 4) is 17.1 Å². The molecule has 3 heterocycles. The third kappa shape index (κ3) is 3.09. The molecule has 28 heavy (non-hydrogen) atoms. The third-order valence-corrected chi connectivity index (χ3v) is 6.62. The van der Waals surface area contributed by atoms with Crippen molar-refractivity contribution in [2.45, 2.75) is 44.2 Å². The average molecular weight is 396 g/mol. The van der Waals surface area contributed by atoms with E-state index in [1.165, 1.54) is 50.7 Å². The summed E-state index contributed by atoms with van der Waals surface area (Å²) in [5.74, 6) is 1.91. The number of nitrogens with zero attached hydrogens (tertiary/aromatic N) is 3. The van der Waals surface area contributed by atoms with Crippen molar-refractivity contribution in [3.63, 3.8) is 0 Å². The van der Waals surface area contributed by atoms with Crippen molar-refractivity contribution in [2.24, 2.45) is 0 Å². The summed E-state index contributed by atoms with van der Waals surface area (Å²) in [6, 6.07) is 15.4. The maximum Gasteiger partial charge on any atom is 0.141 e. The van der Waals surface area contributed by atoms with E-state index < -0.39 is 0 Å². The van der Waals surface area contributed by atoms with Gasteiger partial charge >= 0.3 is 0 Å². The fourth-order valence-electron chi connectivity index (χ4n) is 5.08. The first-order valence-electron chi connectivity index (χ1n) is 10.3. The summed E-state index contributed by atoms with van der Waals surface area (Å²) >= 11 is 6.29. The van der Waals surface area contributed by atoms with Gasteiger partial charge in [-0.05, 0) is 81.2 Å². The number of hydrogen-bond donors (Lipinski definition) is 0. The van der Waals surface area contributed by atoms with Gasteiger partial charge in [0.25, 0.3) is 0 Å². The van der Waals surface area contributed by atoms with Gasteiger partial charge in [0.2, 0.25) is 0 Å². The molecule has 2 saturated heterocycles. The molecule has 4 nitrogen and oxygen atoms in total. The zero-order chi connectivity index (χ0) is 19.1. The van der Waals surface area contributed by atoms with Crippen LogP contribution in [0.2, 0.25) is 5.02 Å². The van der Waals surface area contributed by atoms with E-state index in [0.29, 0.717) is 12.1 Å². The number of fused-ring (bicyclic) bond motifs is 2. The van der Waals surface area contributed by atoms with Crippen LogP contribution >= 0.6 is 11.6 Å². The van der Waals surface area contributed by atoms with Crippen molar-refractivity contribution in [2.75, 3.05) is 20.2 Å². The zero-order valence-corrected chi connectivity index (χ0v) is 17.0. The molecule has 5 heteroatoms. The summed E-state index contributed by atoms with van der Waals surface area (Å²) in [6.07, 6.45) is 6.39. The van der Waals surface area contributed by atoms with E-state index in [-0.39, 0.29) is 0 Å². The summed E-state index contributed by atoms with van der Waals surface area (Å²) in [6.45, 7) is 2.47. The van der Waals surface area contributed by atoms with Crippen molar-refractivity contribution in [3.05, 3.63) is 47.5 Å². The van der Waals surface area contributed by atoms with Crippen LogP contribution in [0, 0.1) is 0 Å². The normalized spacial score (nSPS) is 22.9. The van der Waals surface area contributed by atoms with Gasteiger partial charge in [0.1, 0.15) is 11.6 Å². The fourth-order valence-corrected chi connectivity index (χ4v) is 5.24. The van der Waals surface area contributed by atoms with E-state index >= 15 is 0 Å². The third-order valence-electron chi connectivity index (χ3n) is 6.39. The predicted molar refractivity (Wildman–Crippen MR) is 114 cm³/mol. The molecule has 0 unspecified atom stereocenters. The first-order valence-corrected chi connectivity index (χ1v) is 10.7. The number of aromatic nitrogens is 2. The molecule has 146 valence electrons. The first-order chi connectivity index (χ1) is 13.7. The molecule has 2 aliphatic rings. The first kappa shape index (κ1) is 18.0. The molecule has 2 aliphatic heterocycles. The van der Waals surface area contributed by atoms with E-state index in [2.05, 4.69) is 27.7 Å². The molecule has 2 fully saturated rings. The highest BCUT2D eigenvalue weighted by atomic mass is 35.5. The van der Waals surface area contributed by atoms with Crippen LogP contribution in [0.25, 0.3) is 22.4 Å². The minimum Gasteiger partial charge on any atom is -0.497 e. The Morgan fingerprint density at radius 1 is 0.964 bits per heavy atom. The van der Waals surface area contributed by atoms with E-state index in [4.69, 9.17) is 21.3 Å². The Balaban J connectivity index is 1.67. The van der Waals surface area contributed by atoms with Gasteiger partial charge in [-0.25, -0.2) is 4.98 Å². The van der Waals surface area contributed by atoms with Crippen LogP contribution in [0.5, 0.6) is 5.75 Å². The molecule has 3 aromatic rings. The monoisotopic (exact) mass is 395 g/mol. The van der Waals surface area contributed by atoms with Crippen molar-refractivity contribution < 1.29 is 4.74 Å². The number of halogens is 1. The van der Waals surface area contributed by atoms with Gasteiger partial charge in [-0.15, -0.1) is 0 Å². The Morgan fingerprint density at radius 2 is 1.75 bits per heavy atom. The lowest BCUT2D eigenvalue weighted by Crippen LogP contribution is -2.48. The molecule has 0 N–H and O–H groups in total. The summed E-state index contributed by atoms with van der Waals surface area (Å²) in [7, 11) is 1.70. The highest BCUT2D eigenvalue weighted by Gasteiger charge is 2.36. The highest BCUT2D eigenvalue weighted by molar-refractivity contribution is 6.31. The molecular weight excluding hydrogens is 370 g/mol. The van der Waals surface area contributed by atoms with Crippen LogP contribution in [-0.2, 0) is 0 Å². The minimum absolute atomic E-state index is 0.456. The van der Waals surface area contributed by atoms with Crippen molar-refractivity contribution in [1.82, 2.24) is 14.5 Å². The Hall–Kier alpha value is -2.04. The van der Waals surface area contributed by atoms with Crippen LogP contribution in [0.1, 0.15) is 38.1 Å². The SMILES string of the molecule is COc1ccc(-c2nc3cc(Cl)ccc3n2[C@@H]2CCCN3CCCC[C@H]23)cc1. The van der Waals surface area contributed by atoms with Crippen LogP contribution < -0.4 is 4.74 Å². The van der Waals surface area contributed by atoms with E-state index in [1.54, 1.807) is 7.11 Å². The van der Waals surface area contributed by atoms with Crippen LogP contribution in [0.15, 0.2) is 42.5 Å². The molecule has 1 aromatic heterocycles. The molecule has 0 amide bonds. The Kier molecular flexibility index (Phi) is 4.77. The molecule has 0 bridgehead atoms. The zero-order valence-electron chi connectivity index (χ0n) is 16.3. The molecule has 5 rings (SSSR count). The molecule has 0 radical (unpaired) electrons. The number of rotatable bonds is 3. The lowest BCUT2D eigenvalue weighted by atomic mass is 9.88. The molecule has 2 aromatic carbocycles. The van der Waals surface area contributed by atoms with E-state index in [9.17, 15) is 0 Å². The average Bonchev–Trinajstić information content (AvgIpc) is 3.11. The second-order valence-electron chi connectivity index (χ2n) is 7.98. The van der Waals surface area contributed by atoms with Gasteiger partial charge in [-0.2, -0.15) is 0 Å². The number of methoxy groups -OCH3 is 1. The van der Waals surface area contributed by atoms with E-state index in [1.807, 2.05) is 24.3 Å². The molecular formula is C23H26ClN3O. The largest absolute Gasteiger partial charge is 0.497 e. The van der Waals surface area contributed by atoms with Crippen LogP contribution in [-0.4, -0.2) is 40.7 Å². The number of hydrogen-bond acceptors (Lipinski definition) is 3. The molecule has 0 aliphatic carbocycles. The Bertz CT molecular complexity index is 979. The maximum atomic E-state index is 6.29. The lowest BCUT2D eigenvalue weighted by molar-refractivity contribution is 0.0666. The Labute approximate surface area is 171 Å². The summed E-state index contributed by atoms with van der Waals surface area (Å²) in [5, 5.41) is 0.737. The smallest absolute Gasteiger partial charge is 0.141 e. The van der Waals surface area contributed by atoms with Gasteiger partial charge < -0.3 is 9.30 Å². The Morgan fingerprint density at radius 3 is 2.57 bits per heavy atom. The number of piperidine rings is 2. The molecule has 0 spiro atoms. The number of ether oxygens (including phenoxy) is 1. The van der Waals surface area contributed by atoms with Gasteiger partial charge in [0.15, 0.2) is 0 Å². The lowest BCUT2D eigenvalue weighted by Gasteiger charge is -2.45. The maximum absolute atomic E-state index is 6.29. The fraction of sp³-hybridized carbons (Fsp3) is 0.435. The van der Waals surface area contributed by atoms with E-state index in [0.717, 1.165) is 27.7 Å². The predicted octanol–water partition coefficient (Wildman–Crippen LogP) is 5.55. The van der Waals surface area contributed by atoms with Gasteiger partial charge in [0.05, 0.1) is 24.2 Å².